The van der Waals surface area contributed by atoms with Gasteiger partial charge in [-0.25, -0.2) is 0 Å². The van der Waals surface area contributed by atoms with Crippen LogP contribution in [-0.2, 0) is 11.3 Å². The maximum atomic E-state index is 12.8. The first-order valence-electron chi connectivity index (χ1n) is 9.09. The van der Waals surface area contributed by atoms with Crippen molar-refractivity contribution < 1.29 is 9.53 Å². The highest BCUT2D eigenvalue weighted by molar-refractivity contribution is 5.77. The summed E-state index contributed by atoms with van der Waals surface area (Å²) in [5.74, 6) is 0.994. The predicted octanol–water partition coefficient (Wildman–Crippen LogP) is 2.55. The minimum atomic E-state index is 0.137. The highest BCUT2D eigenvalue weighted by Crippen LogP contribution is 2.22. The van der Waals surface area contributed by atoms with Crippen LogP contribution in [0.25, 0.3) is 0 Å². The molecule has 2 aromatic rings. The van der Waals surface area contributed by atoms with E-state index in [1.54, 1.807) is 7.11 Å². The summed E-state index contributed by atoms with van der Waals surface area (Å²) in [4.78, 5) is 17.1. The van der Waals surface area contributed by atoms with E-state index in [0.717, 1.165) is 42.3 Å². The standard InChI is InChI=1S/C20H28N4O2/c1-14-12-22(18-6-8-19(26-5)9-7-18)10-11-23(14)20(25)13-24-17(4)15(2)16(3)21-24/h6-9,14H,10-13H2,1-5H3/t14-/m0/s1. The van der Waals surface area contributed by atoms with Crippen LogP contribution in [0.15, 0.2) is 24.3 Å². The van der Waals surface area contributed by atoms with E-state index < -0.39 is 0 Å². The first kappa shape index (κ1) is 18.3. The third-order valence-corrected chi connectivity index (χ3v) is 5.41. The minimum absolute atomic E-state index is 0.137. The minimum Gasteiger partial charge on any atom is -0.497 e. The van der Waals surface area contributed by atoms with E-state index >= 15 is 0 Å². The lowest BCUT2D eigenvalue weighted by atomic mass is 10.1. The molecule has 2 heterocycles. The number of aryl methyl sites for hydroxylation is 1. The van der Waals surface area contributed by atoms with Gasteiger partial charge in [0.05, 0.1) is 12.8 Å². The zero-order chi connectivity index (χ0) is 18.8. The lowest BCUT2D eigenvalue weighted by Gasteiger charge is -2.41. The lowest BCUT2D eigenvalue weighted by Crippen LogP contribution is -2.54. The maximum Gasteiger partial charge on any atom is 0.244 e. The predicted molar refractivity (Wildman–Crippen MR) is 103 cm³/mol. The van der Waals surface area contributed by atoms with Crippen LogP contribution >= 0.6 is 0 Å². The number of anilines is 1. The summed E-state index contributed by atoms with van der Waals surface area (Å²) in [6, 6.07) is 8.26. The molecule has 0 bridgehead atoms. The Morgan fingerprint density at radius 2 is 1.88 bits per heavy atom. The molecule has 0 saturated carbocycles. The van der Waals surface area contributed by atoms with Gasteiger partial charge < -0.3 is 14.5 Å². The smallest absolute Gasteiger partial charge is 0.244 e. The fourth-order valence-corrected chi connectivity index (χ4v) is 3.52. The van der Waals surface area contributed by atoms with Crippen molar-refractivity contribution in [2.45, 2.75) is 40.3 Å². The number of nitrogens with zero attached hydrogens (tertiary/aromatic N) is 4. The molecule has 140 valence electrons. The molecule has 6 nitrogen and oxygen atoms in total. The molecule has 0 radical (unpaired) electrons. The van der Waals surface area contributed by atoms with Crippen molar-refractivity contribution in [1.29, 1.82) is 0 Å². The Bertz CT molecular complexity index is 782. The fraction of sp³-hybridized carbons (Fsp3) is 0.500. The second-order valence-electron chi connectivity index (χ2n) is 7.03. The van der Waals surface area contributed by atoms with Crippen molar-refractivity contribution >= 4 is 11.6 Å². The summed E-state index contributed by atoms with van der Waals surface area (Å²) in [5.41, 5.74) is 4.39. The number of carbonyl (C=O) groups is 1. The molecule has 1 aromatic heterocycles. The molecule has 1 aliphatic heterocycles. The van der Waals surface area contributed by atoms with Crippen molar-refractivity contribution in [3.05, 3.63) is 41.2 Å². The highest BCUT2D eigenvalue weighted by Gasteiger charge is 2.28. The second kappa shape index (κ2) is 7.40. The Hall–Kier alpha value is -2.50. The zero-order valence-corrected chi connectivity index (χ0v) is 16.3. The van der Waals surface area contributed by atoms with Gasteiger partial charge in [0.2, 0.25) is 5.91 Å². The average molecular weight is 356 g/mol. The lowest BCUT2D eigenvalue weighted by molar-refractivity contribution is -0.134. The molecule has 1 atom stereocenters. The van der Waals surface area contributed by atoms with Crippen LogP contribution in [0.3, 0.4) is 0 Å². The molecule has 1 amide bonds. The number of carbonyl (C=O) groups excluding carboxylic acids is 1. The van der Waals surface area contributed by atoms with Crippen LogP contribution in [0, 0.1) is 20.8 Å². The van der Waals surface area contributed by atoms with Gasteiger partial charge in [0.25, 0.3) is 0 Å². The average Bonchev–Trinajstić information content (AvgIpc) is 2.88. The molecule has 0 N–H and O–H groups in total. The van der Waals surface area contributed by atoms with E-state index in [9.17, 15) is 4.79 Å². The molecule has 0 aliphatic carbocycles. The number of benzene rings is 1. The van der Waals surface area contributed by atoms with E-state index in [4.69, 9.17) is 4.74 Å². The van der Waals surface area contributed by atoms with Crippen molar-refractivity contribution in [3.8, 4) is 5.75 Å². The fourth-order valence-electron chi connectivity index (χ4n) is 3.52. The number of ether oxygens (including phenoxy) is 1. The Kier molecular flexibility index (Phi) is 5.20. The molecule has 0 spiro atoms. The van der Waals surface area contributed by atoms with E-state index in [1.807, 2.05) is 35.6 Å². The topological polar surface area (TPSA) is 50.6 Å². The van der Waals surface area contributed by atoms with Gasteiger partial charge in [0.1, 0.15) is 12.3 Å². The number of methoxy groups -OCH3 is 1. The summed E-state index contributed by atoms with van der Waals surface area (Å²) >= 11 is 0. The normalized spacial score (nSPS) is 17.5. The molecular weight excluding hydrogens is 328 g/mol. The quantitative estimate of drug-likeness (QED) is 0.845. The van der Waals surface area contributed by atoms with Crippen molar-refractivity contribution in [2.75, 3.05) is 31.6 Å². The largest absolute Gasteiger partial charge is 0.497 e. The molecule has 6 heteroatoms. The van der Waals surface area contributed by atoms with E-state index in [1.165, 1.54) is 5.69 Å². The third-order valence-electron chi connectivity index (χ3n) is 5.41. The van der Waals surface area contributed by atoms with Crippen molar-refractivity contribution in [3.63, 3.8) is 0 Å². The SMILES string of the molecule is COc1ccc(N2CCN(C(=O)Cn3nc(C)c(C)c3C)[C@@H](C)C2)cc1. The number of hydrogen-bond acceptors (Lipinski definition) is 4. The zero-order valence-electron chi connectivity index (χ0n) is 16.3. The van der Waals surface area contributed by atoms with Gasteiger partial charge in [-0.05, 0) is 57.5 Å². The Balaban J connectivity index is 1.64. The number of hydrogen-bond donors (Lipinski definition) is 0. The maximum absolute atomic E-state index is 12.8. The third kappa shape index (κ3) is 3.54. The molecule has 0 unspecified atom stereocenters. The first-order chi connectivity index (χ1) is 12.4. The van der Waals surface area contributed by atoms with Crippen LogP contribution in [0.5, 0.6) is 5.75 Å². The van der Waals surface area contributed by atoms with Gasteiger partial charge in [-0.3, -0.25) is 9.48 Å². The summed E-state index contributed by atoms with van der Waals surface area (Å²) in [5, 5.41) is 4.50. The number of piperazine rings is 1. The van der Waals surface area contributed by atoms with Crippen LogP contribution in [0.2, 0.25) is 0 Å². The highest BCUT2D eigenvalue weighted by atomic mass is 16.5. The van der Waals surface area contributed by atoms with Crippen LogP contribution in [0.4, 0.5) is 5.69 Å². The van der Waals surface area contributed by atoms with Gasteiger partial charge in [-0.2, -0.15) is 5.10 Å². The van der Waals surface area contributed by atoms with E-state index in [2.05, 4.69) is 36.0 Å². The molecule has 3 rings (SSSR count). The van der Waals surface area contributed by atoms with Gasteiger partial charge >= 0.3 is 0 Å². The second-order valence-corrected chi connectivity index (χ2v) is 7.03. The van der Waals surface area contributed by atoms with Gasteiger partial charge in [0.15, 0.2) is 0 Å². The molecule has 1 fully saturated rings. The molecule has 1 aromatic carbocycles. The van der Waals surface area contributed by atoms with Crippen molar-refractivity contribution in [1.82, 2.24) is 14.7 Å². The summed E-state index contributed by atoms with van der Waals surface area (Å²) < 4.78 is 7.05. The van der Waals surface area contributed by atoms with Gasteiger partial charge in [0, 0.05) is 37.1 Å². The Morgan fingerprint density at radius 1 is 1.19 bits per heavy atom. The summed E-state index contributed by atoms with van der Waals surface area (Å²) in [6.45, 7) is 10.9. The van der Waals surface area contributed by atoms with E-state index in [-0.39, 0.29) is 11.9 Å². The summed E-state index contributed by atoms with van der Waals surface area (Å²) in [7, 11) is 1.67. The van der Waals surface area contributed by atoms with Gasteiger partial charge in [-0.15, -0.1) is 0 Å². The molecule has 1 saturated heterocycles. The monoisotopic (exact) mass is 356 g/mol. The van der Waals surface area contributed by atoms with Crippen LogP contribution < -0.4 is 9.64 Å². The van der Waals surface area contributed by atoms with Crippen LogP contribution in [-0.4, -0.2) is 53.4 Å². The van der Waals surface area contributed by atoms with E-state index in [0.29, 0.717) is 6.54 Å². The van der Waals surface area contributed by atoms with Crippen molar-refractivity contribution in [2.24, 2.45) is 0 Å². The molecule has 26 heavy (non-hydrogen) atoms. The Labute approximate surface area is 155 Å². The van der Waals surface area contributed by atoms with Gasteiger partial charge in [-0.1, -0.05) is 0 Å². The summed E-state index contributed by atoms with van der Waals surface area (Å²) in [6.07, 6.45) is 0. The first-order valence-corrected chi connectivity index (χ1v) is 9.09. The molecule has 1 aliphatic rings. The van der Waals surface area contributed by atoms with Crippen LogP contribution in [0.1, 0.15) is 23.9 Å². The number of amides is 1. The molecular formula is C20H28N4O2. The number of aromatic nitrogens is 2. The Morgan fingerprint density at radius 3 is 2.42 bits per heavy atom. The number of rotatable bonds is 4.